The largest absolute Gasteiger partial charge is 0.354 e. The first-order chi connectivity index (χ1) is 12.2. The quantitative estimate of drug-likeness (QED) is 0.862. The lowest BCUT2D eigenvalue weighted by Crippen LogP contribution is -2.42. The zero-order chi connectivity index (χ0) is 17.6. The smallest absolute Gasteiger partial charge is 0.224 e. The second-order valence-corrected chi connectivity index (χ2v) is 6.28. The molecule has 1 atom stereocenters. The van der Waals surface area contributed by atoms with Crippen molar-refractivity contribution < 1.29 is 4.79 Å². The Morgan fingerprint density at radius 1 is 1.24 bits per heavy atom. The van der Waals surface area contributed by atoms with Gasteiger partial charge in [-0.25, -0.2) is 4.98 Å². The van der Waals surface area contributed by atoms with E-state index in [1.165, 1.54) is 0 Å². The highest BCUT2D eigenvalue weighted by molar-refractivity contribution is 5.78. The van der Waals surface area contributed by atoms with Gasteiger partial charge in [0.05, 0.1) is 5.56 Å². The number of aromatic nitrogens is 1. The van der Waals surface area contributed by atoms with Crippen LogP contribution in [0.2, 0.25) is 0 Å². The lowest BCUT2D eigenvalue weighted by atomic mass is 10.1. The minimum Gasteiger partial charge on any atom is -0.354 e. The van der Waals surface area contributed by atoms with Crippen molar-refractivity contribution in [3.05, 3.63) is 59.8 Å². The molecule has 2 heterocycles. The van der Waals surface area contributed by atoms with Crippen molar-refractivity contribution in [3.8, 4) is 6.07 Å². The number of benzene rings is 1. The molecule has 5 nitrogen and oxygen atoms in total. The summed E-state index contributed by atoms with van der Waals surface area (Å²) in [7, 11) is 0. The fourth-order valence-electron chi connectivity index (χ4n) is 3.22. The molecule has 0 N–H and O–H groups in total. The molecule has 2 aromatic rings. The van der Waals surface area contributed by atoms with Crippen LogP contribution in [0, 0.1) is 11.3 Å². The van der Waals surface area contributed by atoms with E-state index in [9.17, 15) is 4.79 Å². The topological polar surface area (TPSA) is 60.2 Å². The van der Waals surface area contributed by atoms with Crippen LogP contribution >= 0.6 is 0 Å². The summed E-state index contributed by atoms with van der Waals surface area (Å²) in [5.41, 5.74) is 1.70. The molecule has 0 spiro atoms. The number of rotatable bonds is 4. The van der Waals surface area contributed by atoms with Crippen LogP contribution in [0.3, 0.4) is 0 Å². The van der Waals surface area contributed by atoms with Gasteiger partial charge in [0.15, 0.2) is 0 Å². The molecule has 1 aliphatic heterocycles. The Kier molecular flexibility index (Phi) is 5.30. The lowest BCUT2D eigenvalue weighted by molar-refractivity contribution is -0.133. The Hall–Kier alpha value is -2.87. The fourth-order valence-corrected chi connectivity index (χ4v) is 3.22. The Morgan fingerprint density at radius 2 is 2.04 bits per heavy atom. The van der Waals surface area contributed by atoms with Gasteiger partial charge in [-0.2, -0.15) is 5.26 Å². The summed E-state index contributed by atoms with van der Waals surface area (Å²) < 4.78 is 0. The zero-order valence-electron chi connectivity index (χ0n) is 14.4. The van der Waals surface area contributed by atoms with Gasteiger partial charge in [0.1, 0.15) is 11.9 Å². The van der Waals surface area contributed by atoms with Crippen molar-refractivity contribution in [1.29, 1.82) is 5.26 Å². The summed E-state index contributed by atoms with van der Waals surface area (Å²) in [6.07, 6.45) is 2.96. The van der Waals surface area contributed by atoms with Crippen molar-refractivity contribution in [3.63, 3.8) is 0 Å². The predicted molar refractivity (Wildman–Crippen MR) is 96.9 cm³/mol. The molecule has 5 heteroatoms. The number of carbonyl (C=O) groups is 1. The zero-order valence-corrected chi connectivity index (χ0v) is 14.4. The maximum Gasteiger partial charge on any atom is 0.224 e. The van der Waals surface area contributed by atoms with Crippen molar-refractivity contribution in [2.24, 2.45) is 0 Å². The number of pyridine rings is 1. The van der Waals surface area contributed by atoms with Gasteiger partial charge in [-0.3, -0.25) is 4.79 Å². The molecule has 128 valence electrons. The van der Waals surface area contributed by atoms with Crippen LogP contribution in [0.4, 0.5) is 5.82 Å². The highest BCUT2D eigenvalue weighted by atomic mass is 16.2. The molecule has 1 saturated heterocycles. The van der Waals surface area contributed by atoms with Crippen LogP contribution in [0.1, 0.15) is 30.9 Å². The molecular formula is C20H22N4O. The van der Waals surface area contributed by atoms with Gasteiger partial charge in [-0.15, -0.1) is 0 Å². The molecule has 1 amide bonds. The average Bonchev–Trinajstić information content (AvgIpc) is 2.82. The van der Waals surface area contributed by atoms with Crippen molar-refractivity contribution >= 4 is 11.7 Å². The van der Waals surface area contributed by atoms with E-state index in [4.69, 9.17) is 5.26 Å². The number of nitriles is 1. The molecular weight excluding hydrogens is 312 g/mol. The number of amides is 1. The fraction of sp³-hybridized carbons (Fsp3) is 0.350. The number of hydrogen-bond acceptors (Lipinski definition) is 4. The van der Waals surface area contributed by atoms with Crippen LogP contribution in [-0.4, -0.2) is 34.9 Å². The van der Waals surface area contributed by atoms with Gasteiger partial charge in [-0.05, 0) is 24.1 Å². The van der Waals surface area contributed by atoms with E-state index in [0.29, 0.717) is 25.1 Å². The third-order valence-electron chi connectivity index (χ3n) is 4.66. The normalized spacial score (nSPS) is 17.9. The molecule has 1 aromatic heterocycles. The SMILES string of the molecule is CCC1CN(c2ccc(C#N)cn2)CCC(=O)N1Cc1ccccc1. The van der Waals surface area contributed by atoms with Gasteiger partial charge in [0, 0.05) is 38.3 Å². The van der Waals surface area contributed by atoms with Crippen molar-refractivity contribution in [1.82, 2.24) is 9.88 Å². The number of carbonyl (C=O) groups excluding carboxylic acids is 1. The van der Waals surface area contributed by atoms with Gasteiger partial charge < -0.3 is 9.80 Å². The standard InChI is InChI=1S/C20H22N4O/c1-2-18-15-23(19-9-8-17(12-21)13-22-19)11-10-20(25)24(18)14-16-6-4-3-5-7-16/h3-9,13,18H,2,10-11,14-15H2,1H3. The minimum absolute atomic E-state index is 0.146. The molecule has 3 rings (SSSR count). The van der Waals surface area contributed by atoms with Gasteiger partial charge in [0.25, 0.3) is 0 Å². The first-order valence-corrected chi connectivity index (χ1v) is 8.65. The molecule has 0 aliphatic carbocycles. The maximum atomic E-state index is 12.7. The number of nitrogens with zero attached hydrogens (tertiary/aromatic N) is 4. The van der Waals surface area contributed by atoms with Gasteiger partial charge in [0.2, 0.25) is 5.91 Å². The molecule has 1 aliphatic rings. The van der Waals surface area contributed by atoms with E-state index >= 15 is 0 Å². The third-order valence-corrected chi connectivity index (χ3v) is 4.66. The lowest BCUT2D eigenvalue weighted by Gasteiger charge is -2.31. The van der Waals surface area contributed by atoms with E-state index in [1.54, 1.807) is 12.3 Å². The second kappa shape index (κ2) is 7.80. The predicted octanol–water partition coefficient (Wildman–Crippen LogP) is 2.97. The summed E-state index contributed by atoms with van der Waals surface area (Å²) in [6.45, 7) is 4.17. The maximum absolute atomic E-state index is 12.7. The Balaban J connectivity index is 1.79. The molecule has 0 saturated carbocycles. The number of hydrogen-bond donors (Lipinski definition) is 0. The van der Waals surface area contributed by atoms with E-state index in [0.717, 1.165) is 24.3 Å². The summed E-state index contributed by atoms with van der Waals surface area (Å²) in [5, 5.41) is 8.92. The summed E-state index contributed by atoms with van der Waals surface area (Å²) >= 11 is 0. The average molecular weight is 334 g/mol. The van der Waals surface area contributed by atoms with E-state index in [2.05, 4.69) is 35.0 Å². The van der Waals surface area contributed by atoms with Crippen LogP contribution in [-0.2, 0) is 11.3 Å². The first kappa shape index (κ1) is 17.0. The van der Waals surface area contributed by atoms with Crippen LogP contribution in [0.25, 0.3) is 0 Å². The Morgan fingerprint density at radius 3 is 2.68 bits per heavy atom. The molecule has 1 unspecified atom stereocenters. The van der Waals surface area contributed by atoms with Gasteiger partial charge >= 0.3 is 0 Å². The Bertz CT molecular complexity index is 752. The summed E-state index contributed by atoms with van der Waals surface area (Å²) in [4.78, 5) is 21.2. The van der Waals surface area contributed by atoms with Crippen molar-refractivity contribution in [2.45, 2.75) is 32.4 Å². The van der Waals surface area contributed by atoms with E-state index in [-0.39, 0.29) is 11.9 Å². The molecule has 0 radical (unpaired) electrons. The van der Waals surface area contributed by atoms with E-state index < -0.39 is 0 Å². The van der Waals surface area contributed by atoms with Gasteiger partial charge in [-0.1, -0.05) is 37.3 Å². The number of anilines is 1. The highest BCUT2D eigenvalue weighted by Crippen LogP contribution is 2.21. The minimum atomic E-state index is 0.146. The Labute approximate surface area is 148 Å². The summed E-state index contributed by atoms with van der Waals surface area (Å²) in [5.74, 6) is 1.01. The second-order valence-electron chi connectivity index (χ2n) is 6.28. The van der Waals surface area contributed by atoms with Crippen LogP contribution in [0.15, 0.2) is 48.7 Å². The molecule has 25 heavy (non-hydrogen) atoms. The highest BCUT2D eigenvalue weighted by Gasteiger charge is 2.29. The van der Waals surface area contributed by atoms with E-state index in [1.807, 2.05) is 29.2 Å². The van der Waals surface area contributed by atoms with Crippen LogP contribution in [0.5, 0.6) is 0 Å². The van der Waals surface area contributed by atoms with Crippen molar-refractivity contribution in [2.75, 3.05) is 18.0 Å². The third kappa shape index (κ3) is 3.97. The first-order valence-electron chi connectivity index (χ1n) is 8.65. The molecule has 1 fully saturated rings. The molecule has 0 bridgehead atoms. The summed E-state index contributed by atoms with van der Waals surface area (Å²) in [6, 6.07) is 16.0. The molecule has 1 aromatic carbocycles. The van der Waals surface area contributed by atoms with Crippen LogP contribution < -0.4 is 4.90 Å². The monoisotopic (exact) mass is 334 g/mol.